The Morgan fingerprint density at radius 3 is 2.59 bits per heavy atom. The van der Waals surface area contributed by atoms with Crippen molar-refractivity contribution in [1.29, 1.82) is 0 Å². The molecule has 8 heteroatoms. The lowest BCUT2D eigenvalue weighted by atomic mass is 10.0. The zero-order chi connectivity index (χ0) is 19.2. The molecule has 0 unspecified atom stereocenters. The third kappa shape index (κ3) is 5.52. The van der Waals surface area contributed by atoms with Crippen LogP contribution in [0.2, 0.25) is 0 Å². The quantitative estimate of drug-likeness (QED) is 0.757. The Morgan fingerprint density at radius 2 is 1.89 bits per heavy atom. The first-order chi connectivity index (χ1) is 13.0. The van der Waals surface area contributed by atoms with Gasteiger partial charge in [-0.15, -0.1) is 0 Å². The van der Waals surface area contributed by atoms with E-state index in [1.807, 2.05) is 0 Å². The normalized spacial score (nSPS) is 15.5. The maximum Gasteiger partial charge on any atom is 0.284 e. The van der Waals surface area contributed by atoms with Crippen molar-refractivity contribution in [2.24, 2.45) is 0 Å². The molecule has 0 bridgehead atoms. The van der Waals surface area contributed by atoms with E-state index in [9.17, 15) is 18.0 Å². The van der Waals surface area contributed by atoms with Crippen LogP contribution in [-0.4, -0.2) is 35.7 Å². The van der Waals surface area contributed by atoms with E-state index in [0.717, 1.165) is 12.8 Å². The van der Waals surface area contributed by atoms with Gasteiger partial charge in [-0.3, -0.25) is 4.79 Å². The molecule has 1 aliphatic rings. The van der Waals surface area contributed by atoms with Gasteiger partial charge in [-0.25, -0.2) is 4.39 Å². The lowest BCUT2D eigenvalue weighted by Crippen LogP contribution is -2.44. The second kappa shape index (κ2) is 9.32. The average molecular weight is 398 g/mol. The van der Waals surface area contributed by atoms with Crippen LogP contribution >= 0.6 is 11.8 Å². The van der Waals surface area contributed by atoms with Crippen LogP contribution in [0.3, 0.4) is 0 Å². The molecule has 2 aromatic rings. The number of nitrogens with one attached hydrogen (secondary N) is 1. The molecule has 3 rings (SSSR count). The second-order valence-electron chi connectivity index (χ2n) is 6.37. The summed E-state index contributed by atoms with van der Waals surface area (Å²) in [4.78, 5) is 14.1. The molecule has 0 spiro atoms. The fourth-order valence-electron chi connectivity index (χ4n) is 3.08. The molecule has 0 atom stereocenters. The van der Waals surface area contributed by atoms with Crippen LogP contribution in [0.15, 0.2) is 40.8 Å². The molecule has 27 heavy (non-hydrogen) atoms. The molecule has 1 aromatic heterocycles. The number of carbonyl (C=O) groups is 1. The number of amides is 1. The lowest BCUT2D eigenvalue weighted by molar-refractivity contribution is 0.0699. The lowest BCUT2D eigenvalue weighted by Gasteiger charge is -2.32. The van der Waals surface area contributed by atoms with Gasteiger partial charge in [-0.05, 0) is 37.1 Å². The summed E-state index contributed by atoms with van der Waals surface area (Å²) in [6.45, 7) is 1.61. The number of halogens is 3. The van der Waals surface area contributed by atoms with Gasteiger partial charge in [-0.2, -0.15) is 8.78 Å². The summed E-state index contributed by atoms with van der Waals surface area (Å²) in [7, 11) is 0. The maximum atomic E-state index is 13.8. The van der Waals surface area contributed by atoms with Gasteiger partial charge in [0.25, 0.3) is 11.7 Å². The minimum absolute atomic E-state index is 0.105. The summed E-state index contributed by atoms with van der Waals surface area (Å²) in [5.41, 5.74) is 0.105. The molecular formula is C19H21F3N2O2S. The highest BCUT2D eigenvalue weighted by atomic mass is 32.2. The van der Waals surface area contributed by atoms with Crippen molar-refractivity contribution in [2.45, 2.75) is 36.9 Å². The van der Waals surface area contributed by atoms with E-state index < -0.39 is 11.6 Å². The van der Waals surface area contributed by atoms with E-state index in [1.54, 1.807) is 29.2 Å². The third-order valence-electron chi connectivity index (χ3n) is 4.52. The number of piperidine rings is 1. The van der Waals surface area contributed by atoms with Gasteiger partial charge in [0.15, 0.2) is 0 Å². The molecule has 0 radical (unpaired) electrons. The smallest absolute Gasteiger partial charge is 0.284 e. The predicted molar refractivity (Wildman–Crippen MR) is 98.2 cm³/mol. The van der Waals surface area contributed by atoms with Crippen LogP contribution < -0.4 is 5.32 Å². The van der Waals surface area contributed by atoms with Gasteiger partial charge in [0, 0.05) is 19.1 Å². The fourth-order valence-corrected chi connectivity index (χ4v) is 3.52. The third-order valence-corrected chi connectivity index (χ3v) is 5.22. The van der Waals surface area contributed by atoms with E-state index in [0.29, 0.717) is 42.9 Å². The summed E-state index contributed by atoms with van der Waals surface area (Å²) < 4.78 is 43.7. The van der Waals surface area contributed by atoms with Gasteiger partial charge >= 0.3 is 0 Å². The number of alkyl halides is 2. The van der Waals surface area contributed by atoms with E-state index in [-0.39, 0.29) is 23.3 Å². The Labute approximate surface area is 160 Å². The number of hydrogen-bond acceptors (Lipinski definition) is 4. The van der Waals surface area contributed by atoms with E-state index in [4.69, 9.17) is 4.42 Å². The van der Waals surface area contributed by atoms with Crippen molar-refractivity contribution >= 4 is 17.7 Å². The molecule has 4 nitrogen and oxygen atoms in total. The summed E-state index contributed by atoms with van der Waals surface area (Å²) in [6.07, 6.45) is 1.52. The van der Waals surface area contributed by atoms with Gasteiger partial charge in [0.1, 0.15) is 17.3 Å². The Hall–Kier alpha value is -1.93. The minimum Gasteiger partial charge on any atom is -0.464 e. The number of rotatable bonds is 7. The molecule has 0 saturated carbocycles. The van der Waals surface area contributed by atoms with E-state index in [1.165, 1.54) is 12.1 Å². The van der Waals surface area contributed by atoms with Crippen LogP contribution in [0, 0.1) is 5.82 Å². The average Bonchev–Trinajstić information content (AvgIpc) is 3.13. The Bertz CT molecular complexity index is 761. The van der Waals surface area contributed by atoms with Gasteiger partial charge in [0.05, 0.1) is 17.9 Å². The molecular weight excluding hydrogens is 377 g/mol. The summed E-state index contributed by atoms with van der Waals surface area (Å²) in [6, 6.07) is 9.73. The number of hydrogen-bond donors (Lipinski definition) is 1. The molecule has 2 heterocycles. The number of benzene rings is 1. The number of carbonyl (C=O) groups excluding carboxylic acids is 1. The number of thioether (sulfide) groups is 1. The summed E-state index contributed by atoms with van der Waals surface area (Å²) in [5.74, 6) is -1.81. The van der Waals surface area contributed by atoms with Crippen molar-refractivity contribution in [3.05, 3.63) is 59.3 Å². The molecule has 1 fully saturated rings. The van der Waals surface area contributed by atoms with Crippen LogP contribution in [0.4, 0.5) is 13.2 Å². The highest BCUT2D eigenvalue weighted by Crippen LogP contribution is 2.21. The Balaban J connectivity index is 1.43. The molecule has 0 aliphatic carbocycles. The van der Waals surface area contributed by atoms with Crippen molar-refractivity contribution in [1.82, 2.24) is 10.2 Å². The first-order valence-corrected chi connectivity index (χ1v) is 9.82. The predicted octanol–water partition coefficient (Wildman–Crippen LogP) is 4.27. The van der Waals surface area contributed by atoms with E-state index in [2.05, 4.69) is 5.32 Å². The van der Waals surface area contributed by atoms with Crippen molar-refractivity contribution < 1.29 is 22.4 Å². The number of furan rings is 1. The Kier molecular flexibility index (Phi) is 6.84. The number of likely N-dealkylation sites (tertiary alicyclic amines) is 1. The van der Waals surface area contributed by atoms with Gasteiger partial charge in [0.2, 0.25) is 0 Å². The molecule has 1 saturated heterocycles. The molecule has 146 valence electrons. The SMILES string of the molecule is O=C(c1ccccc1F)N1CCC(NCc2ccc(CSC(F)F)o2)CC1. The number of nitrogens with zero attached hydrogens (tertiary/aromatic N) is 1. The largest absolute Gasteiger partial charge is 0.464 e. The van der Waals surface area contributed by atoms with Crippen LogP contribution in [-0.2, 0) is 12.3 Å². The summed E-state index contributed by atoms with van der Waals surface area (Å²) in [5, 5.41) is 3.37. The minimum atomic E-state index is -2.41. The monoisotopic (exact) mass is 398 g/mol. The first-order valence-electron chi connectivity index (χ1n) is 8.77. The van der Waals surface area contributed by atoms with Crippen LogP contribution in [0.25, 0.3) is 0 Å². The topological polar surface area (TPSA) is 45.5 Å². The highest BCUT2D eigenvalue weighted by Gasteiger charge is 2.25. The van der Waals surface area contributed by atoms with Crippen LogP contribution in [0.5, 0.6) is 0 Å². The van der Waals surface area contributed by atoms with Crippen LogP contribution in [0.1, 0.15) is 34.7 Å². The van der Waals surface area contributed by atoms with E-state index >= 15 is 0 Å². The molecule has 1 aliphatic heterocycles. The maximum absolute atomic E-state index is 13.8. The molecule has 1 amide bonds. The second-order valence-corrected chi connectivity index (χ2v) is 7.35. The van der Waals surface area contributed by atoms with Crippen molar-refractivity contribution in [2.75, 3.05) is 13.1 Å². The summed E-state index contributed by atoms with van der Waals surface area (Å²) >= 11 is 0.534. The van der Waals surface area contributed by atoms with Gasteiger partial charge in [-0.1, -0.05) is 23.9 Å². The van der Waals surface area contributed by atoms with Crippen molar-refractivity contribution in [3.8, 4) is 0 Å². The molecule has 1 aromatic carbocycles. The highest BCUT2D eigenvalue weighted by molar-refractivity contribution is 7.98. The first kappa shape index (κ1) is 19.8. The zero-order valence-electron chi connectivity index (χ0n) is 14.7. The molecule has 1 N–H and O–H groups in total. The standard InChI is InChI=1S/C19H21F3N2O2S/c20-17-4-2-1-3-16(17)18(25)24-9-7-13(8-10-24)23-11-14-5-6-15(26-14)12-27-19(21)22/h1-6,13,19,23H,7-12H2. The van der Waals surface area contributed by atoms with Crippen molar-refractivity contribution in [3.63, 3.8) is 0 Å². The fraction of sp³-hybridized carbons (Fsp3) is 0.421. The zero-order valence-corrected chi connectivity index (χ0v) is 15.5. The Morgan fingerprint density at radius 1 is 1.19 bits per heavy atom. The van der Waals surface area contributed by atoms with Gasteiger partial charge < -0.3 is 14.6 Å².